The molecule has 1 amide bonds. The van der Waals surface area contributed by atoms with Crippen LogP contribution in [0.15, 0.2) is 0 Å². The maximum Gasteiger partial charge on any atom is 0.261 e. The molecule has 0 fully saturated rings. The molecule has 0 spiro atoms. The fourth-order valence-corrected chi connectivity index (χ4v) is 0. The number of amides is 1. The van der Waals surface area contributed by atoms with Crippen molar-refractivity contribution >= 4 is 16.0 Å². The molecule has 0 aromatic rings. The summed E-state index contributed by atoms with van der Waals surface area (Å²) in [6, 6.07) is 0. The average Bonchev–Trinajstić information content (AvgIpc) is 1.19. The summed E-state index contributed by atoms with van der Waals surface area (Å²) in [5.41, 5.74) is 4.47. The van der Waals surface area contributed by atoms with Gasteiger partial charge < -0.3 is 5.73 Å². The van der Waals surface area contributed by atoms with Crippen LogP contribution >= 0.6 is 0 Å². The van der Waals surface area contributed by atoms with Gasteiger partial charge in [0.25, 0.3) is 10.1 Å². The van der Waals surface area contributed by atoms with E-state index in [0.717, 1.165) is 0 Å². The summed E-state index contributed by atoms with van der Waals surface area (Å²) in [4.78, 5) is 9.22. The van der Waals surface area contributed by atoms with Gasteiger partial charge in [-0.05, 0) is 0 Å². The number of carbonyl (C=O) groups excluding carboxylic acids is 1. The molecule has 0 radical (unpaired) electrons. The Bertz CT molecular complexity index is 158. The molecule has 0 aromatic heterocycles. The smallest absolute Gasteiger partial charge is 0.261 e. The van der Waals surface area contributed by atoms with Gasteiger partial charge in [0.1, 0.15) is 0 Å². The SMILES string of the molecule is CC(N)=O.CS(=O)(=O)O. The van der Waals surface area contributed by atoms with Crippen LogP contribution in [0.25, 0.3) is 0 Å². The Morgan fingerprint density at radius 1 is 1.56 bits per heavy atom. The largest absolute Gasteiger partial charge is 0.370 e. The molecule has 5 nitrogen and oxygen atoms in total. The number of primary amides is 1. The summed E-state index contributed by atoms with van der Waals surface area (Å²) in [5, 5.41) is 0. The fourth-order valence-electron chi connectivity index (χ4n) is 0. The van der Waals surface area contributed by atoms with Gasteiger partial charge in [0, 0.05) is 6.92 Å². The molecule has 0 aliphatic rings. The lowest BCUT2D eigenvalue weighted by atomic mass is 10.8. The summed E-state index contributed by atoms with van der Waals surface area (Å²) < 4.78 is 25.9. The van der Waals surface area contributed by atoms with E-state index in [1.807, 2.05) is 0 Å². The minimum absolute atomic E-state index is 0.333. The van der Waals surface area contributed by atoms with Crippen LogP contribution in [0.2, 0.25) is 0 Å². The van der Waals surface area contributed by atoms with Crippen molar-refractivity contribution in [1.82, 2.24) is 0 Å². The molecule has 0 atom stereocenters. The van der Waals surface area contributed by atoms with Gasteiger partial charge in [-0.1, -0.05) is 0 Å². The van der Waals surface area contributed by atoms with E-state index in [0.29, 0.717) is 6.26 Å². The third kappa shape index (κ3) is 556. The van der Waals surface area contributed by atoms with Crippen LogP contribution in [-0.2, 0) is 14.9 Å². The van der Waals surface area contributed by atoms with Crippen molar-refractivity contribution in [1.29, 1.82) is 0 Å². The highest BCUT2D eigenvalue weighted by molar-refractivity contribution is 7.85. The first-order chi connectivity index (χ1) is 3.73. The van der Waals surface area contributed by atoms with Crippen LogP contribution in [0.1, 0.15) is 6.92 Å². The molecule has 0 saturated heterocycles. The van der Waals surface area contributed by atoms with Crippen molar-refractivity contribution in [3.05, 3.63) is 0 Å². The molecule has 6 heteroatoms. The quantitative estimate of drug-likeness (QED) is 0.438. The number of hydrogen-bond acceptors (Lipinski definition) is 3. The van der Waals surface area contributed by atoms with Gasteiger partial charge >= 0.3 is 0 Å². The second-order valence-electron chi connectivity index (χ2n) is 1.34. The fraction of sp³-hybridized carbons (Fsp3) is 0.667. The molecule has 0 aliphatic heterocycles. The third-order valence-corrected chi connectivity index (χ3v) is 0. The van der Waals surface area contributed by atoms with Gasteiger partial charge in [-0.2, -0.15) is 8.42 Å². The highest BCUT2D eigenvalue weighted by Crippen LogP contribution is 1.60. The Labute approximate surface area is 53.6 Å². The molecule has 0 aliphatic carbocycles. The molecular formula is C3H9NO4S. The van der Waals surface area contributed by atoms with E-state index < -0.39 is 10.1 Å². The van der Waals surface area contributed by atoms with Gasteiger partial charge in [-0.15, -0.1) is 0 Å². The normalized spacial score (nSPS) is 9.22. The van der Waals surface area contributed by atoms with Crippen LogP contribution in [0.5, 0.6) is 0 Å². The van der Waals surface area contributed by atoms with Crippen molar-refractivity contribution < 1.29 is 17.8 Å². The van der Waals surface area contributed by atoms with Crippen molar-refractivity contribution in [3.63, 3.8) is 0 Å². The van der Waals surface area contributed by atoms with Gasteiger partial charge in [0.2, 0.25) is 5.91 Å². The minimum Gasteiger partial charge on any atom is -0.370 e. The summed E-state index contributed by atoms with van der Waals surface area (Å²) in [6.07, 6.45) is 0.715. The monoisotopic (exact) mass is 155 g/mol. The van der Waals surface area contributed by atoms with Gasteiger partial charge in [0.05, 0.1) is 6.26 Å². The lowest BCUT2D eigenvalue weighted by Crippen LogP contribution is -2.01. The van der Waals surface area contributed by atoms with E-state index >= 15 is 0 Å². The van der Waals surface area contributed by atoms with Gasteiger partial charge in [-0.25, -0.2) is 0 Å². The maximum atomic E-state index is 9.22. The molecule has 0 saturated carbocycles. The molecule has 3 N–H and O–H groups in total. The van der Waals surface area contributed by atoms with Gasteiger partial charge in [-0.3, -0.25) is 9.35 Å². The predicted molar refractivity (Wildman–Crippen MR) is 32.3 cm³/mol. The topological polar surface area (TPSA) is 97.5 Å². The lowest BCUT2D eigenvalue weighted by Gasteiger charge is -1.69. The van der Waals surface area contributed by atoms with E-state index in [1.165, 1.54) is 6.92 Å². The Morgan fingerprint density at radius 2 is 1.56 bits per heavy atom. The molecule has 0 rings (SSSR count). The zero-order chi connectivity index (χ0) is 8.08. The summed E-state index contributed by atoms with van der Waals surface area (Å²) in [6.45, 7) is 1.31. The number of rotatable bonds is 0. The zero-order valence-corrected chi connectivity index (χ0v) is 5.97. The number of nitrogens with two attached hydrogens (primary N) is 1. The van der Waals surface area contributed by atoms with E-state index in [4.69, 9.17) is 4.55 Å². The van der Waals surface area contributed by atoms with Crippen LogP contribution in [0.3, 0.4) is 0 Å². The van der Waals surface area contributed by atoms with Crippen molar-refractivity contribution in [2.75, 3.05) is 6.26 Å². The number of carbonyl (C=O) groups is 1. The standard InChI is InChI=1S/C2H5NO.CH4O3S/c1-2(3)4;1-5(2,3)4/h1H3,(H2,3,4);1H3,(H,2,3,4). The predicted octanol–water partition coefficient (Wildman–Crippen LogP) is -1.00. The molecule has 0 unspecified atom stereocenters. The Morgan fingerprint density at radius 3 is 1.56 bits per heavy atom. The van der Waals surface area contributed by atoms with E-state index in [9.17, 15) is 13.2 Å². The van der Waals surface area contributed by atoms with Crippen molar-refractivity contribution in [2.24, 2.45) is 5.73 Å². The summed E-state index contributed by atoms with van der Waals surface area (Å²) >= 11 is 0. The van der Waals surface area contributed by atoms with Crippen molar-refractivity contribution in [2.45, 2.75) is 6.92 Å². The molecule has 0 heterocycles. The highest BCUT2D eigenvalue weighted by Gasteiger charge is 1.81. The van der Waals surface area contributed by atoms with E-state index in [1.54, 1.807) is 0 Å². The Balaban J connectivity index is 0. The van der Waals surface area contributed by atoms with E-state index in [2.05, 4.69) is 5.73 Å². The molecular weight excluding hydrogens is 146 g/mol. The molecule has 56 valence electrons. The first-order valence-electron chi connectivity index (χ1n) is 1.92. The molecule has 9 heavy (non-hydrogen) atoms. The Kier molecular flexibility index (Phi) is 5.33. The van der Waals surface area contributed by atoms with Crippen LogP contribution in [0.4, 0.5) is 0 Å². The second kappa shape index (κ2) is 4.28. The zero-order valence-electron chi connectivity index (χ0n) is 5.16. The summed E-state index contributed by atoms with van der Waals surface area (Å²) in [5.74, 6) is -0.333. The average molecular weight is 155 g/mol. The first kappa shape index (κ1) is 11.2. The maximum absolute atomic E-state index is 9.22. The highest BCUT2D eigenvalue weighted by atomic mass is 32.2. The van der Waals surface area contributed by atoms with Crippen LogP contribution in [-0.4, -0.2) is 25.1 Å². The lowest BCUT2D eigenvalue weighted by molar-refractivity contribution is -0.115. The first-order valence-corrected chi connectivity index (χ1v) is 3.77. The van der Waals surface area contributed by atoms with Crippen LogP contribution in [0, 0.1) is 0 Å². The van der Waals surface area contributed by atoms with Crippen molar-refractivity contribution in [3.8, 4) is 0 Å². The molecule has 0 bridgehead atoms. The molecule has 0 aromatic carbocycles. The minimum atomic E-state index is -3.67. The van der Waals surface area contributed by atoms with Gasteiger partial charge in [0.15, 0.2) is 0 Å². The Hall–Kier alpha value is -0.620. The number of hydrogen-bond donors (Lipinski definition) is 2. The van der Waals surface area contributed by atoms with Crippen LogP contribution < -0.4 is 5.73 Å². The third-order valence-electron chi connectivity index (χ3n) is 0. The second-order valence-corrected chi connectivity index (χ2v) is 2.81. The summed E-state index contributed by atoms with van der Waals surface area (Å²) in [7, 11) is -3.67. The van der Waals surface area contributed by atoms with E-state index in [-0.39, 0.29) is 5.91 Å².